The molecule has 0 heterocycles. The van der Waals surface area contributed by atoms with Gasteiger partial charge in [0.05, 0.1) is 11.8 Å². The van der Waals surface area contributed by atoms with Crippen molar-refractivity contribution in [3.63, 3.8) is 0 Å². The second kappa shape index (κ2) is 5.03. The molecule has 2 amide bonds. The molecule has 0 aliphatic heterocycles. The zero-order chi connectivity index (χ0) is 13.9. The summed E-state index contributed by atoms with van der Waals surface area (Å²) in [6, 6.07) is 0.798. The first kappa shape index (κ1) is 13.9. The van der Waals surface area contributed by atoms with E-state index >= 15 is 0 Å². The van der Waals surface area contributed by atoms with Gasteiger partial charge >= 0.3 is 12.2 Å². The lowest BCUT2D eigenvalue weighted by atomic mass is 10.1. The number of nitrogens with two attached hydrogens (primary N) is 1. The molecule has 1 aromatic rings. The van der Waals surface area contributed by atoms with Crippen LogP contribution in [0, 0.1) is 12.7 Å². The number of carbonyl (C=O) groups excluding carboxylic acids is 1. The molecular weight excluding hydrogens is 254 g/mol. The molecule has 0 unspecified atom stereocenters. The minimum absolute atomic E-state index is 0.00465. The van der Waals surface area contributed by atoms with Gasteiger partial charge < -0.3 is 5.73 Å². The van der Waals surface area contributed by atoms with Crippen molar-refractivity contribution in [2.45, 2.75) is 13.1 Å². The summed E-state index contributed by atoms with van der Waals surface area (Å²) in [5, 5.41) is 3.30. The summed E-state index contributed by atoms with van der Waals surface area (Å²) in [4.78, 5) is 10.3. The lowest BCUT2D eigenvalue weighted by Crippen LogP contribution is -2.24. The summed E-state index contributed by atoms with van der Waals surface area (Å²) >= 11 is 0. The Morgan fingerprint density at radius 3 is 2.56 bits per heavy atom. The molecule has 1 aromatic carbocycles. The standard InChI is InChI=1S/C10H9F4N3O/c1-5-2-6(4-16-17-9(15)18)3-7(8(5)11)10(12,13)14/h2-4H,1H3,(H3,15,17,18). The van der Waals surface area contributed by atoms with Crippen LogP contribution in [0.2, 0.25) is 0 Å². The van der Waals surface area contributed by atoms with Gasteiger partial charge in [-0.15, -0.1) is 0 Å². The Kier molecular flexibility index (Phi) is 3.89. The van der Waals surface area contributed by atoms with Crippen molar-refractivity contribution in [3.05, 3.63) is 34.6 Å². The number of urea groups is 1. The van der Waals surface area contributed by atoms with Gasteiger partial charge in [-0.25, -0.2) is 14.6 Å². The van der Waals surface area contributed by atoms with Crippen LogP contribution in [0.3, 0.4) is 0 Å². The number of nitrogens with zero attached hydrogens (tertiary/aromatic N) is 1. The zero-order valence-corrected chi connectivity index (χ0v) is 9.18. The van der Waals surface area contributed by atoms with Crippen molar-refractivity contribution < 1.29 is 22.4 Å². The molecule has 0 atom stereocenters. The van der Waals surface area contributed by atoms with E-state index in [2.05, 4.69) is 5.10 Å². The van der Waals surface area contributed by atoms with E-state index in [4.69, 9.17) is 5.73 Å². The van der Waals surface area contributed by atoms with Crippen molar-refractivity contribution in [1.29, 1.82) is 0 Å². The maximum absolute atomic E-state index is 13.3. The number of hydrazone groups is 1. The number of primary amides is 1. The first-order chi connectivity index (χ1) is 8.21. The van der Waals surface area contributed by atoms with E-state index in [-0.39, 0.29) is 11.1 Å². The van der Waals surface area contributed by atoms with Crippen molar-refractivity contribution in [2.24, 2.45) is 10.8 Å². The summed E-state index contributed by atoms with van der Waals surface area (Å²) in [6.45, 7) is 1.20. The molecule has 0 saturated carbocycles. The number of benzene rings is 1. The van der Waals surface area contributed by atoms with Crippen LogP contribution in [0.1, 0.15) is 16.7 Å². The number of nitrogens with one attached hydrogen (secondary N) is 1. The van der Waals surface area contributed by atoms with Crippen molar-refractivity contribution in [3.8, 4) is 0 Å². The van der Waals surface area contributed by atoms with E-state index in [9.17, 15) is 22.4 Å². The summed E-state index contributed by atoms with van der Waals surface area (Å²) in [5.74, 6) is -1.33. The minimum Gasteiger partial charge on any atom is -0.350 e. The normalized spacial score (nSPS) is 11.8. The van der Waals surface area contributed by atoms with Gasteiger partial charge in [0.25, 0.3) is 0 Å². The molecule has 8 heteroatoms. The molecule has 4 nitrogen and oxygen atoms in total. The van der Waals surface area contributed by atoms with Crippen LogP contribution in [-0.4, -0.2) is 12.2 Å². The Hall–Kier alpha value is -2.12. The number of aryl methyl sites for hydroxylation is 1. The van der Waals surface area contributed by atoms with Gasteiger partial charge in [-0.2, -0.15) is 18.3 Å². The third kappa shape index (κ3) is 3.44. The first-order valence-electron chi connectivity index (χ1n) is 4.67. The van der Waals surface area contributed by atoms with E-state index in [1.54, 1.807) is 0 Å². The zero-order valence-electron chi connectivity index (χ0n) is 9.18. The molecule has 0 radical (unpaired) electrons. The van der Waals surface area contributed by atoms with Gasteiger partial charge in [0.2, 0.25) is 0 Å². The van der Waals surface area contributed by atoms with Crippen molar-refractivity contribution >= 4 is 12.2 Å². The maximum Gasteiger partial charge on any atom is 0.419 e. The molecule has 0 fully saturated rings. The number of amides is 2. The van der Waals surface area contributed by atoms with Crippen LogP contribution in [-0.2, 0) is 6.18 Å². The second-order valence-corrected chi connectivity index (χ2v) is 3.43. The van der Waals surface area contributed by atoms with Gasteiger partial charge in [0.15, 0.2) is 0 Å². The van der Waals surface area contributed by atoms with Crippen LogP contribution in [0.15, 0.2) is 17.2 Å². The minimum atomic E-state index is -4.80. The average molecular weight is 263 g/mol. The van der Waals surface area contributed by atoms with Crippen LogP contribution in [0.5, 0.6) is 0 Å². The van der Waals surface area contributed by atoms with E-state index in [0.29, 0.717) is 6.07 Å². The van der Waals surface area contributed by atoms with E-state index < -0.39 is 23.6 Å². The fourth-order valence-corrected chi connectivity index (χ4v) is 1.25. The maximum atomic E-state index is 13.3. The highest BCUT2D eigenvalue weighted by Crippen LogP contribution is 2.32. The van der Waals surface area contributed by atoms with Gasteiger partial charge in [-0.1, -0.05) is 0 Å². The Bertz CT molecular complexity index is 497. The average Bonchev–Trinajstić information content (AvgIpc) is 2.20. The third-order valence-electron chi connectivity index (χ3n) is 1.97. The molecule has 0 aromatic heterocycles. The first-order valence-corrected chi connectivity index (χ1v) is 4.67. The smallest absolute Gasteiger partial charge is 0.350 e. The van der Waals surface area contributed by atoms with Crippen molar-refractivity contribution in [1.82, 2.24) is 5.43 Å². The topological polar surface area (TPSA) is 67.5 Å². The van der Waals surface area contributed by atoms with Gasteiger partial charge in [0.1, 0.15) is 5.82 Å². The van der Waals surface area contributed by atoms with Crippen LogP contribution in [0.25, 0.3) is 0 Å². The largest absolute Gasteiger partial charge is 0.419 e. The predicted molar refractivity (Wildman–Crippen MR) is 56.5 cm³/mol. The van der Waals surface area contributed by atoms with E-state index in [0.717, 1.165) is 12.3 Å². The Balaban J connectivity index is 3.13. The number of carbonyl (C=O) groups is 1. The molecule has 98 valence electrons. The van der Waals surface area contributed by atoms with E-state index in [1.165, 1.54) is 6.92 Å². The van der Waals surface area contributed by atoms with Crippen LogP contribution in [0.4, 0.5) is 22.4 Å². The third-order valence-corrected chi connectivity index (χ3v) is 1.97. The fraction of sp³-hybridized carbons (Fsp3) is 0.200. The fourth-order valence-electron chi connectivity index (χ4n) is 1.25. The highest BCUT2D eigenvalue weighted by molar-refractivity contribution is 5.82. The Morgan fingerprint density at radius 2 is 2.06 bits per heavy atom. The molecule has 1 rings (SSSR count). The quantitative estimate of drug-likeness (QED) is 0.479. The summed E-state index contributed by atoms with van der Waals surface area (Å²) in [5.41, 5.74) is 4.96. The van der Waals surface area contributed by atoms with Crippen LogP contribution < -0.4 is 11.2 Å². The molecule has 0 aliphatic rings. The van der Waals surface area contributed by atoms with Crippen molar-refractivity contribution in [2.75, 3.05) is 0 Å². The number of halogens is 4. The molecule has 3 N–H and O–H groups in total. The molecular formula is C10H9F4N3O. The summed E-state index contributed by atoms with van der Waals surface area (Å²) < 4.78 is 50.7. The van der Waals surface area contributed by atoms with Crippen LogP contribution >= 0.6 is 0 Å². The highest BCUT2D eigenvalue weighted by Gasteiger charge is 2.34. The lowest BCUT2D eigenvalue weighted by molar-refractivity contribution is -0.140. The molecule has 0 bridgehead atoms. The molecule has 0 aliphatic carbocycles. The summed E-state index contributed by atoms with van der Waals surface area (Å²) in [6.07, 6.45) is -3.86. The second-order valence-electron chi connectivity index (χ2n) is 3.43. The number of rotatable bonds is 2. The van der Waals surface area contributed by atoms with E-state index in [1.807, 2.05) is 5.43 Å². The monoisotopic (exact) mass is 263 g/mol. The predicted octanol–water partition coefficient (Wildman–Crippen LogP) is 2.16. The lowest BCUT2D eigenvalue weighted by Gasteiger charge is -2.10. The SMILES string of the molecule is Cc1cc(C=NNC(N)=O)cc(C(F)(F)F)c1F. The Morgan fingerprint density at radius 1 is 1.44 bits per heavy atom. The van der Waals surface area contributed by atoms with Gasteiger partial charge in [-0.3, -0.25) is 0 Å². The summed E-state index contributed by atoms with van der Waals surface area (Å²) in [7, 11) is 0. The number of hydrogen-bond donors (Lipinski definition) is 2. The van der Waals surface area contributed by atoms with Gasteiger partial charge in [0, 0.05) is 0 Å². The van der Waals surface area contributed by atoms with Gasteiger partial charge in [-0.05, 0) is 30.2 Å². The molecule has 18 heavy (non-hydrogen) atoms. The Labute approximate surface area is 99.5 Å². The molecule has 0 saturated heterocycles. The number of alkyl halides is 3. The highest BCUT2D eigenvalue weighted by atomic mass is 19.4. The number of hydrogen-bond acceptors (Lipinski definition) is 2. The molecule has 0 spiro atoms.